The molecule has 0 saturated carbocycles. The molecule has 34 heteroatoms. The van der Waals surface area contributed by atoms with E-state index in [-0.39, 0.29) is 98.0 Å². The number of nitrogens with one attached hydrogen (secondary N) is 8. The van der Waals surface area contributed by atoms with Gasteiger partial charge in [0.1, 0.15) is 52.5 Å². The fraction of sp³-hybridized carbons (Fsp3) is 0.546. The van der Waals surface area contributed by atoms with Gasteiger partial charge in [0.05, 0.1) is 80.9 Å². The molecule has 2 heterocycles. The molecular formula is C108H155N10O22S2+. The van der Waals surface area contributed by atoms with E-state index in [0.717, 1.165) is 19.3 Å². The Kier molecular flexibility index (Phi) is 46.8. The van der Waals surface area contributed by atoms with Gasteiger partial charge in [0.15, 0.2) is 5.71 Å². The van der Waals surface area contributed by atoms with E-state index in [0.29, 0.717) is 306 Å². The van der Waals surface area contributed by atoms with Gasteiger partial charge in [-0.2, -0.15) is 21.4 Å². The van der Waals surface area contributed by atoms with Crippen LogP contribution in [0.25, 0.3) is 0 Å². The van der Waals surface area contributed by atoms with Crippen LogP contribution in [0.2, 0.25) is 0 Å². The predicted octanol–water partition coefficient (Wildman–Crippen LogP) is 16.8. The van der Waals surface area contributed by atoms with Crippen molar-refractivity contribution in [3.8, 4) is 46.0 Å². The lowest BCUT2D eigenvalue weighted by Crippen LogP contribution is -2.32. The van der Waals surface area contributed by atoms with Gasteiger partial charge in [0.2, 0.25) is 5.69 Å². The Labute approximate surface area is 840 Å². The Morgan fingerprint density at radius 2 is 0.620 bits per heavy atom. The Bertz CT molecular complexity index is 5540. The lowest BCUT2D eigenvalue weighted by Gasteiger charge is -2.27. The topological polar surface area (TPSA) is 422 Å². The molecule has 0 radical (unpaired) electrons. The molecule has 0 aromatic heterocycles. The molecule has 0 spiro atoms. The fourth-order valence-electron chi connectivity index (χ4n) is 17.2. The maximum absolute atomic E-state index is 15.7. The number of ether oxygens (including phenoxy) is 8. The highest BCUT2D eigenvalue weighted by molar-refractivity contribution is 7.86. The van der Waals surface area contributed by atoms with E-state index < -0.39 is 66.2 Å². The van der Waals surface area contributed by atoms with Crippen LogP contribution in [0.5, 0.6) is 46.0 Å². The zero-order valence-corrected chi connectivity index (χ0v) is 88.1. The summed E-state index contributed by atoms with van der Waals surface area (Å²) in [6.07, 6.45) is 15.4. The first-order chi connectivity index (χ1) is 68.1. The summed E-state index contributed by atoms with van der Waals surface area (Å²) in [5.41, 5.74) is 4.94. The molecule has 0 saturated heterocycles. The van der Waals surface area contributed by atoms with Crippen LogP contribution in [0.1, 0.15) is 336 Å². The summed E-state index contributed by atoms with van der Waals surface area (Å²) in [4.78, 5) is 118. The van der Waals surface area contributed by atoms with Gasteiger partial charge in [-0.1, -0.05) is 96.1 Å². The van der Waals surface area contributed by atoms with Crippen molar-refractivity contribution in [2.24, 2.45) is 0 Å². The number of benzene rings is 6. The van der Waals surface area contributed by atoms with Crippen molar-refractivity contribution in [2.75, 3.05) is 135 Å². The van der Waals surface area contributed by atoms with E-state index in [1.54, 1.807) is 78.9 Å². The average molecular weight is 2010 g/mol. The average Bonchev–Trinajstić information content (AvgIpc) is 1.57. The molecule has 142 heavy (non-hydrogen) atoms. The smallest absolute Gasteiger partial charge is 0.265 e. The third-order valence-electron chi connectivity index (χ3n) is 23.9. The van der Waals surface area contributed by atoms with E-state index in [1.165, 1.54) is 12.1 Å². The number of carbonyl (C=O) groups is 8. The van der Waals surface area contributed by atoms with Gasteiger partial charge in [-0.25, -0.2) is 0 Å². The van der Waals surface area contributed by atoms with E-state index in [9.17, 15) is 45.1 Å². The van der Waals surface area contributed by atoms with E-state index in [1.807, 2.05) is 120 Å². The molecule has 780 valence electrons. The second-order valence-electron chi connectivity index (χ2n) is 36.6. The van der Waals surface area contributed by atoms with Gasteiger partial charge in [-0.3, -0.25) is 47.5 Å². The lowest BCUT2D eigenvalue weighted by molar-refractivity contribution is -0.437. The number of hydrogen-bond acceptors (Lipinski definition) is 21. The largest absolute Gasteiger partial charge is 0.493 e. The predicted molar refractivity (Wildman–Crippen MR) is 556 cm³/mol. The van der Waals surface area contributed by atoms with Crippen molar-refractivity contribution in [3.05, 3.63) is 175 Å². The van der Waals surface area contributed by atoms with Gasteiger partial charge in [0.25, 0.3) is 67.5 Å². The standard InChI is InChI=1S/C108H154N10O22S2/c1-17-42-110-102(122)76-67-89(135-53-22-6)79(90(68-76)136-54-23-7)36-30-45-113-100(120)73-61-83(105(125)115-47-32-38-81-87(133-51-20-4)65-75(99(119)109-28-12)66-88(81)134-52-21-5)97-85(63-73)117(49-34-59-141(127,128)129)95(107(97,13)14)40-29-41-96-108(15,16)98-84(106(126)116-48-33-39-82-93(139-57-26-10)71-78(104(124)112-44-19-3)72-94(82)140-58-27-11)62-74(64-86(98)118(96)50-35-60-142(130,131)132)101(121)114-46-31-37-80-91(137-55-24-8)69-77(103(123)111-43-18-2)70-92(80)138-56-25-9/h29,40-41,61-72H,17-28,30-39,42-60H2,1-16H3,(H9-,109,110,111,112,113,114,115,116,119,120,121,122,123,124,125,126,127,128,129,130,131,132)/p+1. The molecule has 32 nitrogen and oxygen atoms in total. The molecular weight excluding hydrogens is 1850 g/mol. The van der Waals surface area contributed by atoms with Crippen LogP contribution < -0.4 is 85.3 Å². The van der Waals surface area contributed by atoms with Crippen LogP contribution in [0.15, 0.2) is 96.7 Å². The molecule has 0 aliphatic carbocycles. The third kappa shape index (κ3) is 32.9. The van der Waals surface area contributed by atoms with Crippen LogP contribution in [-0.4, -0.2) is 213 Å². The summed E-state index contributed by atoms with van der Waals surface area (Å²) in [6, 6.07) is 20.0. The lowest BCUT2D eigenvalue weighted by atomic mass is 9.78. The van der Waals surface area contributed by atoms with E-state index in [4.69, 9.17) is 37.9 Å². The quantitative estimate of drug-likeness (QED) is 0.00963. The first-order valence-electron chi connectivity index (χ1n) is 51.1. The van der Waals surface area contributed by atoms with Crippen molar-refractivity contribution in [1.82, 2.24) is 42.5 Å². The third-order valence-corrected chi connectivity index (χ3v) is 25.5. The minimum absolute atomic E-state index is 0.0703. The van der Waals surface area contributed by atoms with E-state index in [2.05, 4.69) is 42.5 Å². The highest BCUT2D eigenvalue weighted by Gasteiger charge is 2.49. The maximum atomic E-state index is 15.7. The Morgan fingerprint density at radius 3 is 0.923 bits per heavy atom. The van der Waals surface area contributed by atoms with Crippen LogP contribution in [-0.2, 0) is 56.7 Å². The summed E-state index contributed by atoms with van der Waals surface area (Å²) in [5.74, 6) is -0.939. The van der Waals surface area contributed by atoms with Gasteiger partial charge < -0.3 is 85.3 Å². The zero-order valence-electron chi connectivity index (χ0n) is 86.4. The molecule has 6 aromatic carbocycles. The second kappa shape index (κ2) is 57.5. The Morgan fingerprint density at radius 1 is 0.338 bits per heavy atom. The minimum Gasteiger partial charge on any atom is -0.493 e. The van der Waals surface area contributed by atoms with Gasteiger partial charge in [-0.05, 0) is 222 Å². The van der Waals surface area contributed by atoms with Crippen molar-refractivity contribution >= 4 is 84.6 Å². The van der Waals surface area contributed by atoms with Crippen molar-refractivity contribution in [1.29, 1.82) is 0 Å². The van der Waals surface area contributed by atoms with Crippen molar-refractivity contribution < 1.29 is 107 Å². The van der Waals surface area contributed by atoms with Crippen LogP contribution in [0.3, 0.4) is 0 Å². The van der Waals surface area contributed by atoms with Gasteiger partial charge in [-0.15, -0.1) is 0 Å². The molecule has 0 fully saturated rings. The molecule has 8 amide bonds. The molecule has 0 bridgehead atoms. The SMILES string of the molecule is CCCNC(=O)c1cc(OCCC)c(CCCNC(=O)c2cc(C(=O)NCCCc3c(OCCC)cc(C(=O)NCC)cc3OCCC)c3c(c2)N(CCCS(=O)(=O)O)/C(=C/C=C/C2=[N+](CCCS(=O)(=O)O)c4cc(C(=O)NCCCc5c(OCCC)cc(C(=O)NCCC)cc5OCCC)cc(C(=O)NCCCc5c(OCCC)cc(C(=O)NCCC)cc5OCCC)c4C2(C)C)C3(C)C)c(OCCC)c1. The molecule has 0 unspecified atom stereocenters. The number of fused-ring (bicyclic) bond motifs is 2. The summed E-state index contributed by atoms with van der Waals surface area (Å²) in [5, 5.41) is 24.2. The summed E-state index contributed by atoms with van der Waals surface area (Å²) in [7, 11) is -9.16. The van der Waals surface area contributed by atoms with Crippen LogP contribution in [0.4, 0.5) is 11.4 Å². The maximum Gasteiger partial charge on any atom is 0.265 e. The minimum atomic E-state index is -4.58. The van der Waals surface area contributed by atoms with Crippen molar-refractivity contribution in [3.63, 3.8) is 0 Å². The highest BCUT2D eigenvalue weighted by Crippen LogP contribution is 2.51. The summed E-state index contributed by atoms with van der Waals surface area (Å²) < 4.78 is 124. The van der Waals surface area contributed by atoms with Crippen LogP contribution >= 0.6 is 0 Å². The Balaban J connectivity index is 1.27. The second-order valence-corrected chi connectivity index (χ2v) is 39.8. The first-order valence-corrected chi connectivity index (χ1v) is 54.3. The Hall–Kier alpha value is -11.8. The molecule has 2 aliphatic rings. The molecule has 10 N–H and O–H groups in total. The highest BCUT2D eigenvalue weighted by atomic mass is 32.2. The number of carbonyl (C=O) groups excluding carboxylic acids is 8. The first kappa shape index (κ1) is 116. The number of amides is 8. The number of hydrogen-bond donors (Lipinski definition) is 10. The van der Waals surface area contributed by atoms with E-state index >= 15 is 19.2 Å². The number of rotatable bonds is 65. The number of allylic oxidation sites excluding steroid dienone is 4. The normalized spacial score (nSPS) is 13.3. The van der Waals surface area contributed by atoms with Crippen LogP contribution in [0, 0.1) is 0 Å². The summed E-state index contributed by atoms with van der Waals surface area (Å²) in [6.45, 7) is 36.0. The zero-order chi connectivity index (χ0) is 104. The molecule has 0 atom stereocenters. The molecule has 2 aliphatic heterocycles. The van der Waals surface area contributed by atoms with Gasteiger partial charge in [0, 0.05) is 161 Å². The number of anilines is 1. The summed E-state index contributed by atoms with van der Waals surface area (Å²) >= 11 is 0. The fourth-order valence-corrected chi connectivity index (χ4v) is 18.2. The van der Waals surface area contributed by atoms with Gasteiger partial charge >= 0.3 is 0 Å². The molecule has 6 aromatic rings. The molecule has 8 rings (SSSR count). The van der Waals surface area contributed by atoms with Crippen molar-refractivity contribution in [2.45, 2.75) is 256 Å². The number of nitrogens with zero attached hydrogens (tertiary/aromatic N) is 2. The monoisotopic (exact) mass is 2010 g/mol.